The molecule has 10 heteroatoms. The van der Waals surface area contributed by atoms with Crippen LogP contribution in [-0.4, -0.2) is 73.5 Å². The number of benzene rings is 1. The number of nitrogens with two attached hydrogens (primary N) is 1. The number of aromatic nitrogens is 1. The van der Waals surface area contributed by atoms with Crippen molar-refractivity contribution >= 4 is 23.2 Å². The summed E-state index contributed by atoms with van der Waals surface area (Å²) in [5.74, 6) is -0.943. The molecule has 38 heavy (non-hydrogen) atoms. The lowest BCUT2D eigenvalue weighted by Crippen LogP contribution is -2.65. The largest absolute Gasteiger partial charge is 0.508 e. The molecule has 5 rings (SSSR count). The maximum absolute atomic E-state index is 13.8. The molecule has 6 N–H and O–H groups in total. The summed E-state index contributed by atoms with van der Waals surface area (Å²) in [5.41, 5.74) is 3.13. The van der Waals surface area contributed by atoms with Gasteiger partial charge in [-0.15, -0.1) is 0 Å². The van der Waals surface area contributed by atoms with Gasteiger partial charge in [-0.25, -0.2) is 4.98 Å². The molecular formula is C28H25N3O7. The van der Waals surface area contributed by atoms with Crippen molar-refractivity contribution in [1.29, 1.82) is 0 Å². The van der Waals surface area contributed by atoms with Gasteiger partial charge in [0.05, 0.1) is 11.6 Å². The van der Waals surface area contributed by atoms with E-state index < -0.39 is 58.0 Å². The van der Waals surface area contributed by atoms with Crippen LogP contribution >= 0.6 is 0 Å². The van der Waals surface area contributed by atoms with E-state index in [1.807, 2.05) is 0 Å². The van der Waals surface area contributed by atoms with E-state index >= 15 is 0 Å². The molecule has 0 aliphatic heterocycles. The Labute approximate surface area is 217 Å². The number of Topliss-reactive ketones (excluding diaryl/α,β-unsaturated/α-hetero) is 2. The third-order valence-corrected chi connectivity index (χ3v) is 7.59. The lowest BCUT2D eigenvalue weighted by Gasteiger charge is -2.50. The number of aliphatic hydroxyl groups excluding tert-OH is 2. The smallest absolute Gasteiger partial charge is 0.255 e. The molecule has 194 valence electrons. The minimum Gasteiger partial charge on any atom is -0.508 e. The van der Waals surface area contributed by atoms with Gasteiger partial charge in [-0.05, 0) is 68.6 Å². The third kappa shape index (κ3) is 3.51. The number of carbonyl (C=O) groups is 3. The molecule has 0 saturated heterocycles. The van der Waals surface area contributed by atoms with Gasteiger partial charge in [0.1, 0.15) is 28.5 Å². The van der Waals surface area contributed by atoms with Crippen LogP contribution in [0.4, 0.5) is 0 Å². The molecule has 0 spiro atoms. The van der Waals surface area contributed by atoms with Gasteiger partial charge >= 0.3 is 0 Å². The number of hydrogen-bond acceptors (Lipinski definition) is 9. The number of primary amides is 1. The molecule has 1 aromatic heterocycles. The Morgan fingerprint density at radius 1 is 1.13 bits per heavy atom. The van der Waals surface area contributed by atoms with Crippen molar-refractivity contribution in [2.24, 2.45) is 17.6 Å². The predicted molar refractivity (Wildman–Crippen MR) is 134 cm³/mol. The van der Waals surface area contributed by atoms with Gasteiger partial charge in [0, 0.05) is 23.3 Å². The van der Waals surface area contributed by atoms with E-state index in [4.69, 9.17) is 5.73 Å². The number of phenols is 1. The van der Waals surface area contributed by atoms with Crippen LogP contribution in [0.25, 0.3) is 5.76 Å². The first-order valence-electron chi connectivity index (χ1n) is 11.9. The number of phenolic OH excluding ortho intramolecular Hbond substituents is 1. The van der Waals surface area contributed by atoms with Crippen LogP contribution in [0.2, 0.25) is 0 Å². The number of ketones is 2. The summed E-state index contributed by atoms with van der Waals surface area (Å²) in [4.78, 5) is 44.7. The highest BCUT2D eigenvalue weighted by Gasteiger charge is 2.64. The van der Waals surface area contributed by atoms with Crippen LogP contribution in [0.15, 0.2) is 53.4 Å². The molecule has 4 atom stereocenters. The van der Waals surface area contributed by atoms with Crippen LogP contribution in [0.3, 0.4) is 0 Å². The van der Waals surface area contributed by atoms with Crippen LogP contribution in [-0.2, 0) is 20.8 Å². The highest BCUT2D eigenvalue weighted by molar-refractivity contribution is 6.24. The normalized spacial score (nSPS) is 26.4. The van der Waals surface area contributed by atoms with Gasteiger partial charge in [0.2, 0.25) is 5.78 Å². The fourth-order valence-electron chi connectivity index (χ4n) is 5.93. The number of fused-ring (bicyclic) bond motifs is 3. The van der Waals surface area contributed by atoms with Crippen molar-refractivity contribution in [3.63, 3.8) is 0 Å². The Morgan fingerprint density at radius 3 is 2.50 bits per heavy atom. The number of aliphatic hydroxyl groups is 3. The summed E-state index contributed by atoms with van der Waals surface area (Å²) in [6.07, 6.45) is 1.77. The standard InChI is InChI=1S/C28H25N3O7/c1-31(2)22-17-12-14-11-16-13(6-8-15-5-3-4-10-30-15)7-9-18(32)20(16)23(33)19(14)25(35)28(17,38)26(36)21(24(22)34)27(29)37/h3-5,7,9-10,14,17,22,32-33,36,38H,11-12H2,1-2H3,(H2,29,37)/t14-,17-,22-,28-/m0/s1. The van der Waals surface area contributed by atoms with E-state index in [2.05, 4.69) is 16.8 Å². The second kappa shape index (κ2) is 8.83. The van der Waals surface area contributed by atoms with Gasteiger partial charge in [-0.2, -0.15) is 0 Å². The molecule has 3 aliphatic carbocycles. The molecule has 1 saturated carbocycles. The topological polar surface area (TPSA) is 174 Å². The second-order valence-electron chi connectivity index (χ2n) is 9.91. The summed E-state index contributed by atoms with van der Waals surface area (Å²) in [7, 11) is 3.10. The number of nitrogens with zero attached hydrogens (tertiary/aromatic N) is 2. The SMILES string of the molecule is CN(C)[C@@H]1C(=O)C(C(N)=O)=C(O)[C@@]2(O)C(=O)C3=C(O)c4c(O)ccc(C#Cc5ccccn5)c4C[C@H]3C[C@@H]12. The van der Waals surface area contributed by atoms with Crippen molar-refractivity contribution in [2.45, 2.75) is 24.5 Å². The number of likely N-dealkylation sites (N-methyl/N-ethyl adjacent to an activating group) is 1. The number of hydrogen-bond donors (Lipinski definition) is 5. The minimum atomic E-state index is -2.67. The zero-order chi connectivity index (χ0) is 27.5. The molecule has 0 bridgehead atoms. The van der Waals surface area contributed by atoms with Crippen LogP contribution in [0.5, 0.6) is 5.75 Å². The second-order valence-corrected chi connectivity index (χ2v) is 9.91. The third-order valence-electron chi connectivity index (χ3n) is 7.59. The first-order chi connectivity index (χ1) is 18.0. The van der Waals surface area contributed by atoms with E-state index in [0.29, 0.717) is 16.8 Å². The molecule has 1 amide bonds. The maximum atomic E-state index is 13.8. The van der Waals surface area contributed by atoms with E-state index in [-0.39, 0.29) is 29.7 Å². The molecular weight excluding hydrogens is 490 g/mol. The minimum absolute atomic E-state index is 0.00545. The number of rotatable bonds is 2. The lowest BCUT2D eigenvalue weighted by molar-refractivity contribution is -0.153. The molecule has 0 unspecified atom stereocenters. The van der Waals surface area contributed by atoms with Crippen molar-refractivity contribution in [3.05, 3.63) is 75.8 Å². The van der Waals surface area contributed by atoms with Crippen molar-refractivity contribution in [2.75, 3.05) is 14.1 Å². The van der Waals surface area contributed by atoms with Gasteiger partial charge in [-0.3, -0.25) is 19.3 Å². The zero-order valence-electron chi connectivity index (χ0n) is 20.6. The van der Waals surface area contributed by atoms with Crippen LogP contribution < -0.4 is 5.73 Å². The molecule has 3 aliphatic rings. The molecule has 2 aromatic rings. The highest BCUT2D eigenvalue weighted by Crippen LogP contribution is 2.52. The first-order valence-corrected chi connectivity index (χ1v) is 11.9. The van der Waals surface area contributed by atoms with Gasteiger partial charge in [0.15, 0.2) is 11.4 Å². The average Bonchev–Trinajstić information content (AvgIpc) is 2.86. The summed E-state index contributed by atoms with van der Waals surface area (Å²) >= 11 is 0. The fourth-order valence-corrected chi connectivity index (χ4v) is 5.93. The van der Waals surface area contributed by atoms with Gasteiger partial charge in [-0.1, -0.05) is 12.0 Å². The number of pyridine rings is 1. The Kier molecular flexibility index (Phi) is 5.86. The molecule has 10 nitrogen and oxygen atoms in total. The molecule has 1 heterocycles. The van der Waals surface area contributed by atoms with Crippen molar-refractivity contribution in [1.82, 2.24) is 9.88 Å². The molecule has 1 fully saturated rings. The van der Waals surface area contributed by atoms with E-state index in [1.165, 1.54) is 11.0 Å². The Bertz CT molecular complexity index is 1530. The van der Waals surface area contributed by atoms with E-state index in [9.17, 15) is 34.8 Å². The van der Waals surface area contributed by atoms with Gasteiger partial charge < -0.3 is 26.2 Å². The van der Waals surface area contributed by atoms with Crippen molar-refractivity contribution in [3.8, 4) is 17.6 Å². The Balaban J connectivity index is 1.69. The van der Waals surface area contributed by atoms with E-state index in [1.54, 1.807) is 44.6 Å². The van der Waals surface area contributed by atoms with Crippen LogP contribution in [0, 0.1) is 23.7 Å². The summed E-state index contributed by atoms with van der Waals surface area (Å²) in [6, 6.07) is 7.09. The zero-order valence-corrected chi connectivity index (χ0v) is 20.6. The van der Waals surface area contributed by atoms with E-state index in [0.717, 1.165) is 0 Å². The first kappa shape index (κ1) is 25.2. The summed E-state index contributed by atoms with van der Waals surface area (Å²) < 4.78 is 0. The Morgan fingerprint density at radius 2 is 1.87 bits per heavy atom. The quantitative estimate of drug-likeness (QED) is 0.286. The van der Waals surface area contributed by atoms with Crippen molar-refractivity contribution < 1.29 is 34.8 Å². The maximum Gasteiger partial charge on any atom is 0.255 e. The Hall–Kier alpha value is -4.46. The van der Waals surface area contributed by atoms with Gasteiger partial charge in [0.25, 0.3) is 5.91 Å². The monoisotopic (exact) mass is 515 g/mol. The summed E-state index contributed by atoms with van der Waals surface area (Å²) in [5, 5.41) is 44.4. The predicted octanol–water partition coefficient (Wildman–Crippen LogP) is 0.759. The fraction of sp³-hybridized carbons (Fsp3) is 0.286. The van der Waals surface area contributed by atoms with Crippen LogP contribution in [0.1, 0.15) is 28.8 Å². The highest BCUT2D eigenvalue weighted by atomic mass is 16.3. The average molecular weight is 516 g/mol. The number of amides is 1. The number of carbonyl (C=O) groups excluding carboxylic acids is 3. The lowest BCUT2D eigenvalue weighted by atomic mass is 9.57. The number of aromatic hydroxyl groups is 1. The summed E-state index contributed by atoms with van der Waals surface area (Å²) in [6.45, 7) is 0. The molecule has 0 radical (unpaired) electrons. The molecule has 1 aromatic carbocycles.